The first-order chi connectivity index (χ1) is 10.3. The van der Waals surface area contributed by atoms with Crippen molar-refractivity contribution in [3.63, 3.8) is 0 Å². The van der Waals surface area contributed by atoms with Gasteiger partial charge in [0.2, 0.25) is 0 Å². The molecule has 0 aliphatic heterocycles. The number of benzene rings is 2. The Labute approximate surface area is 124 Å². The highest BCUT2D eigenvalue weighted by molar-refractivity contribution is 7.15. The SMILES string of the molecule is PCc1ccc2cc(-n3nnc4ccccc43)cnc2c1. The molecule has 102 valence electrons. The van der Waals surface area contributed by atoms with E-state index in [9.17, 15) is 0 Å². The summed E-state index contributed by atoms with van der Waals surface area (Å²) in [6, 6.07) is 16.4. The van der Waals surface area contributed by atoms with E-state index in [-0.39, 0.29) is 0 Å². The zero-order valence-corrected chi connectivity index (χ0v) is 12.4. The molecule has 2 heterocycles. The van der Waals surface area contributed by atoms with Crippen LogP contribution in [0.4, 0.5) is 0 Å². The van der Waals surface area contributed by atoms with Crippen LogP contribution < -0.4 is 0 Å². The molecule has 0 N–H and O–H groups in total. The van der Waals surface area contributed by atoms with Crippen LogP contribution in [0.5, 0.6) is 0 Å². The van der Waals surface area contributed by atoms with Gasteiger partial charge in [0.25, 0.3) is 0 Å². The Morgan fingerprint density at radius 1 is 1.00 bits per heavy atom. The quantitative estimate of drug-likeness (QED) is 0.532. The molecule has 0 saturated carbocycles. The third kappa shape index (κ3) is 2.08. The van der Waals surface area contributed by atoms with Gasteiger partial charge >= 0.3 is 0 Å². The number of pyridine rings is 1. The van der Waals surface area contributed by atoms with Crippen molar-refractivity contribution in [2.75, 3.05) is 0 Å². The van der Waals surface area contributed by atoms with E-state index in [0.717, 1.165) is 33.8 Å². The zero-order valence-electron chi connectivity index (χ0n) is 11.3. The standard InChI is InChI=1S/C16H13N4P/c21-10-11-5-6-12-8-13(9-17-15(12)7-11)20-16-4-2-1-3-14(16)18-19-20/h1-9H,10,21H2. The van der Waals surface area contributed by atoms with Crippen LogP contribution in [0.3, 0.4) is 0 Å². The number of hydrogen-bond donors (Lipinski definition) is 0. The van der Waals surface area contributed by atoms with E-state index in [1.807, 2.05) is 35.1 Å². The lowest BCUT2D eigenvalue weighted by Crippen LogP contribution is -1.97. The fourth-order valence-corrected chi connectivity index (χ4v) is 2.71. The maximum atomic E-state index is 4.55. The Bertz CT molecular complexity index is 945. The van der Waals surface area contributed by atoms with Gasteiger partial charge in [-0.3, -0.25) is 4.98 Å². The molecule has 0 fully saturated rings. The molecule has 0 aliphatic rings. The molecule has 0 spiro atoms. The molecule has 4 rings (SSSR count). The summed E-state index contributed by atoms with van der Waals surface area (Å²) in [4.78, 5) is 4.55. The maximum Gasteiger partial charge on any atom is 0.113 e. The van der Waals surface area contributed by atoms with Crippen molar-refractivity contribution in [2.24, 2.45) is 0 Å². The summed E-state index contributed by atoms with van der Waals surface area (Å²) >= 11 is 0. The van der Waals surface area contributed by atoms with E-state index in [1.165, 1.54) is 5.56 Å². The van der Waals surface area contributed by atoms with Gasteiger partial charge in [0.1, 0.15) is 5.52 Å². The summed E-state index contributed by atoms with van der Waals surface area (Å²) in [5, 5.41) is 9.52. The number of rotatable bonds is 2. The van der Waals surface area contributed by atoms with Gasteiger partial charge in [0, 0.05) is 5.39 Å². The molecular formula is C16H13N4P. The predicted octanol–water partition coefficient (Wildman–Crippen LogP) is 3.34. The molecule has 0 amide bonds. The molecule has 0 saturated heterocycles. The van der Waals surface area contributed by atoms with E-state index < -0.39 is 0 Å². The summed E-state index contributed by atoms with van der Waals surface area (Å²) in [6.07, 6.45) is 2.78. The van der Waals surface area contributed by atoms with E-state index in [0.29, 0.717) is 0 Å². The maximum absolute atomic E-state index is 4.55. The Kier molecular flexibility index (Phi) is 2.90. The van der Waals surface area contributed by atoms with Crippen molar-refractivity contribution < 1.29 is 0 Å². The number of aromatic nitrogens is 4. The van der Waals surface area contributed by atoms with Gasteiger partial charge in [-0.05, 0) is 36.0 Å². The number of nitrogens with zero attached hydrogens (tertiary/aromatic N) is 4. The minimum absolute atomic E-state index is 0.885. The first-order valence-corrected chi connectivity index (χ1v) is 7.56. The van der Waals surface area contributed by atoms with Gasteiger partial charge < -0.3 is 0 Å². The van der Waals surface area contributed by atoms with Crippen molar-refractivity contribution in [3.8, 4) is 5.69 Å². The predicted molar refractivity (Wildman–Crippen MR) is 87.6 cm³/mol. The average Bonchev–Trinajstić information content (AvgIpc) is 2.98. The summed E-state index contributed by atoms with van der Waals surface area (Å²) in [5.74, 6) is 0. The average molecular weight is 292 g/mol. The van der Waals surface area contributed by atoms with Crippen molar-refractivity contribution in [1.29, 1.82) is 0 Å². The highest BCUT2D eigenvalue weighted by Gasteiger charge is 2.07. The van der Waals surface area contributed by atoms with Gasteiger partial charge in [-0.25, -0.2) is 4.68 Å². The Hall–Kier alpha value is -2.32. The van der Waals surface area contributed by atoms with Crippen LogP contribution in [-0.4, -0.2) is 20.0 Å². The van der Waals surface area contributed by atoms with Gasteiger partial charge in [-0.2, -0.15) is 0 Å². The normalized spacial score (nSPS) is 11.3. The summed E-state index contributed by atoms with van der Waals surface area (Å²) in [7, 11) is 2.73. The lowest BCUT2D eigenvalue weighted by molar-refractivity contribution is 0.822. The van der Waals surface area contributed by atoms with E-state index >= 15 is 0 Å². The van der Waals surface area contributed by atoms with Crippen molar-refractivity contribution in [3.05, 3.63) is 60.3 Å². The van der Waals surface area contributed by atoms with Crippen LogP contribution in [0.25, 0.3) is 27.6 Å². The second-order valence-corrected chi connectivity index (χ2v) is 5.32. The number of fused-ring (bicyclic) bond motifs is 2. The van der Waals surface area contributed by atoms with Gasteiger partial charge in [-0.1, -0.05) is 29.5 Å². The number of para-hydroxylation sites is 1. The van der Waals surface area contributed by atoms with Crippen LogP contribution in [0.2, 0.25) is 0 Å². The second kappa shape index (κ2) is 4.90. The third-order valence-electron chi connectivity index (χ3n) is 3.57. The van der Waals surface area contributed by atoms with Crippen LogP contribution in [0.1, 0.15) is 5.56 Å². The van der Waals surface area contributed by atoms with Crippen LogP contribution in [0.15, 0.2) is 54.7 Å². The lowest BCUT2D eigenvalue weighted by Gasteiger charge is -2.05. The van der Waals surface area contributed by atoms with Crippen LogP contribution in [-0.2, 0) is 6.16 Å². The molecule has 0 bridgehead atoms. The molecule has 4 aromatic rings. The smallest absolute Gasteiger partial charge is 0.113 e. The number of hydrogen-bond acceptors (Lipinski definition) is 3. The molecule has 21 heavy (non-hydrogen) atoms. The Morgan fingerprint density at radius 3 is 2.81 bits per heavy atom. The van der Waals surface area contributed by atoms with Gasteiger partial charge in [-0.15, -0.1) is 14.3 Å². The van der Waals surface area contributed by atoms with Crippen molar-refractivity contribution >= 4 is 31.2 Å². The molecular weight excluding hydrogens is 279 g/mol. The zero-order chi connectivity index (χ0) is 14.2. The largest absolute Gasteiger partial charge is 0.254 e. The topological polar surface area (TPSA) is 43.6 Å². The van der Waals surface area contributed by atoms with Crippen molar-refractivity contribution in [1.82, 2.24) is 20.0 Å². The second-order valence-electron chi connectivity index (χ2n) is 4.91. The molecule has 0 radical (unpaired) electrons. The van der Waals surface area contributed by atoms with Crippen molar-refractivity contribution in [2.45, 2.75) is 6.16 Å². The lowest BCUT2D eigenvalue weighted by atomic mass is 10.1. The first kappa shape index (κ1) is 12.4. The van der Waals surface area contributed by atoms with E-state index in [2.05, 4.69) is 48.8 Å². The Morgan fingerprint density at radius 2 is 1.90 bits per heavy atom. The molecule has 0 aliphatic carbocycles. The summed E-state index contributed by atoms with van der Waals surface area (Å²) < 4.78 is 1.82. The minimum atomic E-state index is 0.885. The fraction of sp³-hybridized carbons (Fsp3) is 0.0625. The van der Waals surface area contributed by atoms with Gasteiger partial charge in [0.15, 0.2) is 0 Å². The minimum Gasteiger partial charge on any atom is -0.254 e. The molecule has 5 heteroatoms. The molecule has 1 unspecified atom stereocenters. The van der Waals surface area contributed by atoms with E-state index in [1.54, 1.807) is 0 Å². The van der Waals surface area contributed by atoms with Crippen LogP contribution >= 0.6 is 9.24 Å². The fourth-order valence-electron chi connectivity index (χ4n) is 2.46. The molecule has 1 atom stereocenters. The monoisotopic (exact) mass is 292 g/mol. The highest BCUT2D eigenvalue weighted by atomic mass is 31.0. The molecule has 2 aromatic carbocycles. The van der Waals surface area contributed by atoms with Gasteiger partial charge in [0.05, 0.1) is 22.9 Å². The molecule has 2 aromatic heterocycles. The first-order valence-electron chi connectivity index (χ1n) is 6.75. The van der Waals surface area contributed by atoms with E-state index in [4.69, 9.17) is 0 Å². The summed E-state index contributed by atoms with van der Waals surface area (Å²) in [5.41, 5.74) is 5.06. The third-order valence-corrected chi connectivity index (χ3v) is 4.04. The van der Waals surface area contributed by atoms with Crippen LogP contribution in [0, 0.1) is 0 Å². The summed E-state index contributed by atoms with van der Waals surface area (Å²) in [6.45, 7) is 0. The Balaban J connectivity index is 1.90. The molecule has 4 nitrogen and oxygen atoms in total. The highest BCUT2D eigenvalue weighted by Crippen LogP contribution is 2.21.